The highest BCUT2D eigenvalue weighted by molar-refractivity contribution is 7.80. The minimum atomic E-state index is 0.837. The largest absolute Gasteiger partial charge is 0.300 e. The Balaban J connectivity index is 2.33. The van der Waals surface area contributed by atoms with E-state index in [1.807, 2.05) is 0 Å². The zero-order valence-corrected chi connectivity index (χ0v) is 13.6. The van der Waals surface area contributed by atoms with Gasteiger partial charge in [0.05, 0.1) is 0 Å². The first-order chi connectivity index (χ1) is 8.63. The van der Waals surface area contributed by atoms with E-state index in [0.717, 1.165) is 23.6 Å². The third-order valence-electron chi connectivity index (χ3n) is 4.37. The van der Waals surface area contributed by atoms with E-state index in [1.54, 1.807) is 0 Å². The molecule has 0 bridgehead atoms. The van der Waals surface area contributed by atoms with Gasteiger partial charge in [0.2, 0.25) is 0 Å². The van der Waals surface area contributed by atoms with Crippen molar-refractivity contribution >= 4 is 12.6 Å². The molecule has 1 rings (SSSR count). The van der Waals surface area contributed by atoms with Crippen molar-refractivity contribution in [1.29, 1.82) is 0 Å². The molecule has 1 aliphatic rings. The Bertz CT molecular complexity index is 199. The van der Waals surface area contributed by atoms with Crippen LogP contribution in [0.1, 0.15) is 65.7 Å². The Morgan fingerprint density at radius 2 is 1.61 bits per heavy atom. The van der Waals surface area contributed by atoms with Crippen molar-refractivity contribution < 1.29 is 0 Å². The summed E-state index contributed by atoms with van der Waals surface area (Å²) in [6.45, 7) is 9.69. The second-order valence-electron chi connectivity index (χ2n) is 6.56. The summed E-state index contributed by atoms with van der Waals surface area (Å²) in [6.07, 6.45) is 9.78. The Labute approximate surface area is 120 Å². The minimum Gasteiger partial charge on any atom is -0.300 e. The van der Waals surface area contributed by atoms with Gasteiger partial charge in [0.25, 0.3) is 0 Å². The predicted molar refractivity (Wildman–Crippen MR) is 85.5 cm³/mol. The fourth-order valence-electron chi connectivity index (χ4n) is 2.92. The van der Waals surface area contributed by atoms with Gasteiger partial charge in [-0.05, 0) is 62.8 Å². The number of hydrogen-bond donors (Lipinski definition) is 1. The lowest BCUT2D eigenvalue weighted by atomic mass is 10.0. The van der Waals surface area contributed by atoms with Gasteiger partial charge in [-0.2, -0.15) is 12.6 Å². The first-order valence-corrected chi connectivity index (χ1v) is 8.61. The number of nitrogens with zero attached hydrogens (tertiary/aromatic N) is 1. The second-order valence-corrected chi connectivity index (χ2v) is 7.01. The Morgan fingerprint density at radius 3 is 2.17 bits per heavy atom. The first kappa shape index (κ1) is 16.4. The average Bonchev–Trinajstić information content (AvgIpc) is 2.82. The molecule has 1 fully saturated rings. The summed E-state index contributed by atoms with van der Waals surface area (Å²) in [7, 11) is 0. The van der Waals surface area contributed by atoms with Crippen LogP contribution in [0.15, 0.2) is 0 Å². The SMILES string of the molecule is CC(C)CCN(CCC(C)CCS)C1CCCC1. The molecule has 0 aliphatic heterocycles. The van der Waals surface area contributed by atoms with Gasteiger partial charge in [0, 0.05) is 6.04 Å². The smallest absolute Gasteiger partial charge is 0.00952 e. The summed E-state index contributed by atoms with van der Waals surface area (Å²) in [4.78, 5) is 2.79. The summed E-state index contributed by atoms with van der Waals surface area (Å²) in [6, 6.07) is 0.895. The van der Waals surface area contributed by atoms with Gasteiger partial charge in [-0.15, -0.1) is 0 Å². The van der Waals surface area contributed by atoms with Crippen LogP contribution in [-0.4, -0.2) is 29.8 Å². The Kier molecular flexibility index (Phi) is 8.41. The Morgan fingerprint density at radius 1 is 1.00 bits per heavy atom. The lowest BCUT2D eigenvalue weighted by molar-refractivity contribution is 0.176. The van der Waals surface area contributed by atoms with Crippen LogP contribution in [0.2, 0.25) is 0 Å². The topological polar surface area (TPSA) is 3.24 Å². The van der Waals surface area contributed by atoms with Crippen molar-refractivity contribution in [3.05, 3.63) is 0 Å². The van der Waals surface area contributed by atoms with E-state index in [2.05, 4.69) is 38.3 Å². The van der Waals surface area contributed by atoms with Gasteiger partial charge in [-0.1, -0.05) is 33.6 Å². The zero-order chi connectivity index (χ0) is 13.4. The predicted octanol–water partition coefficient (Wildman–Crippen LogP) is 4.62. The number of rotatable bonds is 9. The average molecular weight is 272 g/mol. The first-order valence-electron chi connectivity index (χ1n) is 7.98. The summed E-state index contributed by atoms with van der Waals surface area (Å²) in [5.41, 5.74) is 0. The number of thiol groups is 1. The van der Waals surface area contributed by atoms with Gasteiger partial charge < -0.3 is 4.90 Å². The zero-order valence-electron chi connectivity index (χ0n) is 12.7. The summed E-state index contributed by atoms with van der Waals surface area (Å²) in [5.74, 6) is 2.71. The molecular formula is C16H33NS. The highest BCUT2D eigenvalue weighted by atomic mass is 32.1. The van der Waals surface area contributed by atoms with Crippen molar-refractivity contribution in [2.75, 3.05) is 18.8 Å². The maximum absolute atomic E-state index is 4.35. The molecule has 1 unspecified atom stereocenters. The van der Waals surface area contributed by atoms with Crippen LogP contribution in [0.25, 0.3) is 0 Å². The molecule has 0 heterocycles. The van der Waals surface area contributed by atoms with Gasteiger partial charge >= 0.3 is 0 Å². The van der Waals surface area contributed by atoms with E-state index in [0.29, 0.717) is 0 Å². The van der Waals surface area contributed by atoms with E-state index in [1.165, 1.54) is 58.0 Å². The van der Waals surface area contributed by atoms with Gasteiger partial charge in [-0.25, -0.2) is 0 Å². The fourth-order valence-corrected chi connectivity index (χ4v) is 3.36. The molecule has 0 N–H and O–H groups in total. The molecule has 1 saturated carbocycles. The lowest BCUT2D eigenvalue weighted by Gasteiger charge is -2.30. The van der Waals surface area contributed by atoms with Crippen LogP contribution in [0.3, 0.4) is 0 Å². The molecule has 1 nitrogen and oxygen atoms in total. The summed E-state index contributed by atoms with van der Waals surface area (Å²) >= 11 is 4.35. The summed E-state index contributed by atoms with van der Waals surface area (Å²) in [5, 5.41) is 0. The van der Waals surface area contributed by atoms with Crippen molar-refractivity contribution in [1.82, 2.24) is 4.90 Å². The van der Waals surface area contributed by atoms with Crippen LogP contribution < -0.4 is 0 Å². The molecule has 2 heteroatoms. The third kappa shape index (κ3) is 6.47. The molecule has 0 spiro atoms. The highest BCUT2D eigenvalue weighted by Gasteiger charge is 2.22. The van der Waals surface area contributed by atoms with E-state index in [9.17, 15) is 0 Å². The van der Waals surface area contributed by atoms with Crippen LogP contribution in [0.4, 0.5) is 0 Å². The highest BCUT2D eigenvalue weighted by Crippen LogP contribution is 2.25. The maximum atomic E-state index is 4.35. The molecule has 18 heavy (non-hydrogen) atoms. The molecule has 0 saturated heterocycles. The van der Waals surface area contributed by atoms with Gasteiger partial charge in [0.15, 0.2) is 0 Å². The van der Waals surface area contributed by atoms with Gasteiger partial charge in [-0.3, -0.25) is 0 Å². The van der Waals surface area contributed by atoms with Crippen molar-refractivity contribution in [2.24, 2.45) is 11.8 Å². The monoisotopic (exact) mass is 271 g/mol. The van der Waals surface area contributed by atoms with E-state index >= 15 is 0 Å². The van der Waals surface area contributed by atoms with E-state index < -0.39 is 0 Å². The fraction of sp³-hybridized carbons (Fsp3) is 1.00. The van der Waals surface area contributed by atoms with E-state index in [4.69, 9.17) is 0 Å². The lowest BCUT2D eigenvalue weighted by Crippen LogP contribution is -2.36. The molecule has 0 aromatic carbocycles. The molecule has 0 aromatic heterocycles. The van der Waals surface area contributed by atoms with E-state index in [-0.39, 0.29) is 0 Å². The molecule has 0 amide bonds. The van der Waals surface area contributed by atoms with Crippen molar-refractivity contribution in [3.63, 3.8) is 0 Å². The molecule has 0 radical (unpaired) electrons. The normalized spacial score (nSPS) is 19.0. The van der Waals surface area contributed by atoms with Crippen LogP contribution in [0.5, 0.6) is 0 Å². The molecule has 1 aliphatic carbocycles. The third-order valence-corrected chi connectivity index (χ3v) is 4.62. The molecule has 108 valence electrons. The summed E-state index contributed by atoms with van der Waals surface area (Å²) < 4.78 is 0. The van der Waals surface area contributed by atoms with Crippen LogP contribution in [-0.2, 0) is 0 Å². The second kappa shape index (κ2) is 9.25. The quantitative estimate of drug-likeness (QED) is 0.599. The van der Waals surface area contributed by atoms with Crippen LogP contribution >= 0.6 is 12.6 Å². The van der Waals surface area contributed by atoms with Crippen molar-refractivity contribution in [2.45, 2.75) is 71.8 Å². The Hall–Kier alpha value is 0.310. The van der Waals surface area contributed by atoms with Crippen molar-refractivity contribution in [3.8, 4) is 0 Å². The molecule has 0 aromatic rings. The van der Waals surface area contributed by atoms with Gasteiger partial charge in [0.1, 0.15) is 0 Å². The minimum absolute atomic E-state index is 0.837. The maximum Gasteiger partial charge on any atom is 0.00952 e. The number of hydrogen-bond acceptors (Lipinski definition) is 2. The van der Waals surface area contributed by atoms with Crippen LogP contribution in [0, 0.1) is 11.8 Å². The molecule has 1 atom stereocenters. The molecular weight excluding hydrogens is 238 g/mol. The standard InChI is InChI=1S/C16H33NS/c1-14(2)8-11-17(16-6-4-5-7-16)12-9-15(3)10-13-18/h14-16,18H,4-13H2,1-3H3.